The van der Waals surface area contributed by atoms with Gasteiger partial charge in [-0.15, -0.1) is 0 Å². The number of carbonyl (C=O) groups excluding carboxylic acids is 2. The van der Waals surface area contributed by atoms with Crippen LogP contribution in [0.5, 0.6) is 0 Å². The first-order valence-corrected chi connectivity index (χ1v) is 7.25. The van der Waals surface area contributed by atoms with Gasteiger partial charge in [0, 0.05) is 12.6 Å². The fourth-order valence-electron chi connectivity index (χ4n) is 2.61. The summed E-state index contributed by atoms with van der Waals surface area (Å²) < 4.78 is 0. The molecule has 0 spiro atoms. The Morgan fingerprint density at radius 2 is 2.00 bits per heavy atom. The largest absolute Gasteiger partial charge is 0.325 e. The van der Waals surface area contributed by atoms with Gasteiger partial charge in [0.05, 0.1) is 0 Å². The first-order chi connectivity index (χ1) is 9.78. The molecule has 2 rings (SSSR count). The van der Waals surface area contributed by atoms with Gasteiger partial charge in [0.2, 0.25) is 0 Å². The van der Waals surface area contributed by atoms with Crippen LogP contribution < -0.4 is 11.1 Å². The fourth-order valence-corrected chi connectivity index (χ4v) is 2.61. The molecule has 21 heavy (non-hydrogen) atoms. The third-order valence-electron chi connectivity index (χ3n) is 4.27. The highest BCUT2D eigenvalue weighted by Gasteiger charge is 2.46. The van der Waals surface area contributed by atoms with Crippen molar-refractivity contribution >= 4 is 11.9 Å². The number of nitrogens with two attached hydrogens (primary N) is 1. The van der Waals surface area contributed by atoms with E-state index in [2.05, 4.69) is 5.32 Å². The first kappa shape index (κ1) is 15.5. The summed E-state index contributed by atoms with van der Waals surface area (Å²) in [5, 5.41) is 2.74. The van der Waals surface area contributed by atoms with Gasteiger partial charge in [0.1, 0.15) is 5.54 Å². The van der Waals surface area contributed by atoms with Crippen molar-refractivity contribution < 1.29 is 9.59 Å². The number of amides is 3. The maximum atomic E-state index is 12.4. The molecule has 0 saturated carbocycles. The average molecular weight is 289 g/mol. The summed E-state index contributed by atoms with van der Waals surface area (Å²) in [5.74, 6) is -0.198. The Hall–Kier alpha value is -1.88. The molecule has 0 aliphatic carbocycles. The van der Waals surface area contributed by atoms with Crippen LogP contribution in [0.4, 0.5) is 4.79 Å². The van der Waals surface area contributed by atoms with E-state index < -0.39 is 5.54 Å². The standard InChI is InChI=1S/C16H23N3O2/c1-5-16(4)14(20)19(15(21)18-16)9-13(17)12-8-10(2)6-7-11(12)3/h6-8,13H,5,9,17H2,1-4H3,(H,18,21). The molecule has 0 bridgehead atoms. The second kappa shape index (κ2) is 5.48. The zero-order valence-corrected chi connectivity index (χ0v) is 13.1. The highest BCUT2D eigenvalue weighted by atomic mass is 16.2. The Morgan fingerprint density at radius 1 is 1.33 bits per heavy atom. The molecule has 1 aromatic rings. The summed E-state index contributed by atoms with van der Waals surface area (Å²) >= 11 is 0. The van der Waals surface area contributed by atoms with Crippen molar-refractivity contribution in [2.24, 2.45) is 5.73 Å². The maximum absolute atomic E-state index is 12.4. The van der Waals surface area contributed by atoms with Crippen molar-refractivity contribution in [3.8, 4) is 0 Å². The van der Waals surface area contributed by atoms with Crippen LogP contribution in [0, 0.1) is 13.8 Å². The molecule has 0 radical (unpaired) electrons. The van der Waals surface area contributed by atoms with Crippen LogP contribution >= 0.6 is 0 Å². The van der Waals surface area contributed by atoms with Gasteiger partial charge in [-0.25, -0.2) is 4.79 Å². The molecule has 1 aromatic carbocycles. The van der Waals surface area contributed by atoms with E-state index in [1.165, 1.54) is 4.90 Å². The average Bonchev–Trinajstić information content (AvgIpc) is 2.65. The van der Waals surface area contributed by atoms with Gasteiger partial charge < -0.3 is 11.1 Å². The van der Waals surface area contributed by atoms with Crippen molar-refractivity contribution in [2.75, 3.05) is 6.54 Å². The Bertz CT molecular complexity index is 585. The van der Waals surface area contributed by atoms with Crippen molar-refractivity contribution in [3.05, 3.63) is 34.9 Å². The first-order valence-electron chi connectivity index (χ1n) is 7.25. The lowest BCUT2D eigenvalue weighted by molar-refractivity contribution is -0.131. The second-order valence-corrected chi connectivity index (χ2v) is 6.00. The monoisotopic (exact) mass is 289 g/mol. The SMILES string of the molecule is CCC1(C)NC(=O)N(CC(N)c2cc(C)ccc2C)C1=O. The van der Waals surface area contributed by atoms with Gasteiger partial charge in [-0.05, 0) is 38.3 Å². The smallest absolute Gasteiger partial charge is 0.323 e. The summed E-state index contributed by atoms with van der Waals surface area (Å²) in [5.41, 5.74) is 8.57. The Kier molecular flexibility index (Phi) is 4.05. The van der Waals surface area contributed by atoms with Gasteiger partial charge in [-0.1, -0.05) is 30.7 Å². The number of rotatable bonds is 4. The summed E-state index contributed by atoms with van der Waals surface area (Å²) in [6, 6.07) is 5.31. The molecule has 5 heteroatoms. The van der Waals surface area contributed by atoms with E-state index in [9.17, 15) is 9.59 Å². The highest BCUT2D eigenvalue weighted by molar-refractivity contribution is 6.06. The van der Waals surface area contributed by atoms with E-state index in [-0.39, 0.29) is 24.5 Å². The zero-order chi connectivity index (χ0) is 15.8. The normalized spacial score (nSPS) is 23.4. The number of aryl methyl sites for hydroxylation is 2. The number of nitrogens with zero attached hydrogens (tertiary/aromatic N) is 1. The van der Waals surface area contributed by atoms with Gasteiger partial charge in [-0.2, -0.15) is 0 Å². The van der Waals surface area contributed by atoms with E-state index in [0.717, 1.165) is 16.7 Å². The molecule has 3 N–H and O–H groups in total. The van der Waals surface area contributed by atoms with Gasteiger partial charge in [0.15, 0.2) is 0 Å². The molecule has 2 unspecified atom stereocenters. The third-order valence-corrected chi connectivity index (χ3v) is 4.27. The third kappa shape index (κ3) is 2.78. The molecule has 114 valence electrons. The molecular weight excluding hydrogens is 266 g/mol. The van der Waals surface area contributed by atoms with Crippen LogP contribution in [-0.2, 0) is 4.79 Å². The van der Waals surface area contributed by atoms with Crippen LogP contribution in [-0.4, -0.2) is 28.9 Å². The number of hydrogen-bond donors (Lipinski definition) is 2. The summed E-state index contributed by atoms with van der Waals surface area (Å²) in [7, 11) is 0. The van der Waals surface area contributed by atoms with Crippen molar-refractivity contribution in [2.45, 2.75) is 45.7 Å². The summed E-state index contributed by atoms with van der Waals surface area (Å²) in [4.78, 5) is 25.6. The van der Waals surface area contributed by atoms with Crippen molar-refractivity contribution in [1.82, 2.24) is 10.2 Å². The number of carbonyl (C=O) groups is 2. The predicted molar refractivity (Wildman–Crippen MR) is 81.8 cm³/mol. The van der Waals surface area contributed by atoms with Crippen LogP contribution in [0.25, 0.3) is 0 Å². The molecule has 1 heterocycles. The van der Waals surface area contributed by atoms with Crippen LogP contribution in [0.2, 0.25) is 0 Å². The number of benzene rings is 1. The van der Waals surface area contributed by atoms with E-state index in [1.54, 1.807) is 6.92 Å². The van der Waals surface area contributed by atoms with Crippen molar-refractivity contribution in [3.63, 3.8) is 0 Å². The number of hydrogen-bond acceptors (Lipinski definition) is 3. The highest BCUT2D eigenvalue weighted by Crippen LogP contribution is 2.24. The van der Waals surface area contributed by atoms with E-state index in [0.29, 0.717) is 6.42 Å². The second-order valence-electron chi connectivity index (χ2n) is 6.00. The maximum Gasteiger partial charge on any atom is 0.325 e. The lowest BCUT2D eigenvalue weighted by Crippen LogP contribution is -2.43. The van der Waals surface area contributed by atoms with Crippen LogP contribution in [0.15, 0.2) is 18.2 Å². The zero-order valence-electron chi connectivity index (χ0n) is 13.1. The molecule has 1 fully saturated rings. The van der Waals surface area contributed by atoms with Crippen molar-refractivity contribution in [1.29, 1.82) is 0 Å². The molecule has 2 atom stereocenters. The van der Waals surface area contributed by atoms with E-state index in [4.69, 9.17) is 5.73 Å². The van der Waals surface area contributed by atoms with Crippen LogP contribution in [0.3, 0.4) is 0 Å². The Morgan fingerprint density at radius 3 is 2.57 bits per heavy atom. The minimum absolute atomic E-state index is 0.198. The number of nitrogens with one attached hydrogen (secondary N) is 1. The Labute approximate surface area is 125 Å². The molecule has 1 aliphatic heterocycles. The molecule has 1 aliphatic rings. The van der Waals surface area contributed by atoms with E-state index in [1.807, 2.05) is 39.0 Å². The quantitative estimate of drug-likeness (QED) is 0.833. The van der Waals surface area contributed by atoms with E-state index >= 15 is 0 Å². The summed E-state index contributed by atoms with van der Waals surface area (Å²) in [6.45, 7) is 7.81. The van der Waals surface area contributed by atoms with Gasteiger partial charge in [0.25, 0.3) is 5.91 Å². The minimum Gasteiger partial charge on any atom is -0.323 e. The number of urea groups is 1. The predicted octanol–water partition coefficient (Wildman–Crippen LogP) is 2.02. The molecule has 0 aromatic heterocycles. The lowest BCUT2D eigenvalue weighted by Gasteiger charge is -2.22. The molecular formula is C16H23N3O2. The number of imide groups is 1. The van der Waals surface area contributed by atoms with Gasteiger partial charge >= 0.3 is 6.03 Å². The summed E-state index contributed by atoms with van der Waals surface area (Å²) in [6.07, 6.45) is 0.562. The molecule has 5 nitrogen and oxygen atoms in total. The van der Waals surface area contributed by atoms with Gasteiger partial charge in [-0.3, -0.25) is 9.69 Å². The van der Waals surface area contributed by atoms with Crippen LogP contribution in [0.1, 0.15) is 43.0 Å². The lowest BCUT2D eigenvalue weighted by atomic mass is 9.97. The molecule has 1 saturated heterocycles. The topological polar surface area (TPSA) is 75.4 Å². The molecule has 3 amide bonds. The Balaban J connectivity index is 2.20. The fraction of sp³-hybridized carbons (Fsp3) is 0.500. The minimum atomic E-state index is -0.807.